The van der Waals surface area contributed by atoms with E-state index in [0.717, 1.165) is 5.56 Å². The number of hydrogen-bond donors (Lipinski definition) is 2. The number of amides is 3. The molecule has 0 saturated carbocycles. The maximum absolute atomic E-state index is 13.4. The van der Waals surface area contributed by atoms with Gasteiger partial charge in [-0.05, 0) is 61.1 Å². The molecule has 3 amide bonds. The number of anilines is 2. The number of para-hydroxylation sites is 1. The van der Waals surface area contributed by atoms with Crippen molar-refractivity contribution in [2.75, 3.05) is 10.2 Å². The number of benzene rings is 3. The van der Waals surface area contributed by atoms with Crippen LogP contribution in [0.15, 0.2) is 78.9 Å². The van der Waals surface area contributed by atoms with Crippen LogP contribution in [-0.2, 0) is 9.59 Å². The molecule has 172 valence electrons. The molecule has 0 bridgehead atoms. The zero-order valence-corrected chi connectivity index (χ0v) is 19.8. The summed E-state index contributed by atoms with van der Waals surface area (Å²) in [6.45, 7) is 1.86. The molecule has 4 rings (SSSR count). The maximum atomic E-state index is 13.4. The van der Waals surface area contributed by atoms with Gasteiger partial charge in [0.15, 0.2) is 0 Å². The first-order chi connectivity index (χ1) is 16.3. The third-order valence-corrected chi connectivity index (χ3v) is 6.11. The molecule has 1 saturated heterocycles. The molecule has 34 heavy (non-hydrogen) atoms. The highest BCUT2D eigenvalue weighted by molar-refractivity contribution is 7.80. The second-order valence-corrected chi connectivity index (χ2v) is 8.47. The van der Waals surface area contributed by atoms with Crippen LogP contribution in [-0.4, -0.2) is 33.9 Å². The van der Waals surface area contributed by atoms with Gasteiger partial charge in [0.25, 0.3) is 11.8 Å². The van der Waals surface area contributed by atoms with E-state index in [1.165, 1.54) is 9.91 Å². The molecule has 3 aromatic carbocycles. The predicted molar refractivity (Wildman–Crippen MR) is 135 cm³/mol. The summed E-state index contributed by atoms with van der Waals surface area (Å²) in [5, 5.41) is 4.63. The number of thiocarbonyl (C=S) groups is 1. The number of carbonyl (C=O) groups excluding carboxylic acids is 3. The molecule has 1 atom stereocenters. The van der Waals surface area contributed by atoms with Crippen molar-refractivity contribution in [1.82, 2.24) is 10.4 Å². The van der Waals surface area contributed by atoms with E-state index in [-0.39, 0.29) is 11.5 Å². The van der Waals surface area contributed by atoms with Gasteiger partial charge in [0.2, 0.25) is 11.0 Å². The lowest BCUT2D eigenvalue weighted by Gasteiger charge is -2.24. The highest BCUT2D eigenvalue weighted by Crippen LogP contribution is 2.27. The number of carbonyl (C=O) groups is 3. The predicted octanol–water partition coefficient (Wildman–Crippen LogP) is 4.32. The van der Waals surface area contributed by atoms with E-state index in [9.17, 15) is 14.4 Å². The second-order valence-electron chi connectivity index (χ2n) is 7.70. The minimum absolute atomic E-state index is 0.0802. The summed E-state index contributed by atoms with van der Waals surface area (Å²) in [5.74, 6) is -1.28. The van der Waals surface area contributed by atoms with Crippen molar-refractivity contribution in [2.45, 2.75) is 19.4 Å². The highest BCUT2D eigenvalue weighted by atomic mass is 35.5. The van der Waals surface area contributed by atoms with Crippen molar-refractivity contribution in [3.8, 4) is 0 Å². The van der Waals surface area contributed by atoms with Gasteiger partial charge in [0.05, 0.1) is 12.1 Å². The lowest BCUT2D eigenvalue weighted by atomic mass is 10.1. The Balaban J connectivity index is 1.58. The third-order valence-electron chi connectivity index (χ3n) is 5.32. The molecule has 0 radical (unpaired) electrons. The Morgan fingerprint density at radius 2 is 1.65 bits per heavy atom. The first kappa shape index (κ1) is 23.4. The smallest absolute Gasteiger partial charge is 0.269 e. The van der Waals surface area contributed by atoms with Crippen LogP contribution in [0.3, 0.4) is 0 Å². The molecule has 7 nitrogen and oxygen atoms in total. The molecule has 9 heteroatoms. The van der Waals surface area contributed by atoms with Crippen molar-refractivity contribution in [3.05, 3.63) is 95.0 Å². The number of hydrogen-bond acceptors (Lipinski definition) is 4. The third kappa shape index (κ3) is 4.93. The fourth-order valence-corrected chi connectivity index (χ4v) is 4.08. The van der Waals surface area contributed by atoms with Crippen LogP contribution in [0.2, 0.25) is 5.02 Å². The van der Waals surface area contributed by atoms with Gasteiger partial charge in [-0.1, -0.05) is 54.1 Å². The van der Waals surface area contributed by atoms with Crippen LogP contribution in [0.4, 0.5) is 11.4 Å². The van der Waals surface area contributed by atoms with Gasteiger partial charge in [0.1, 0.15) is 6.04 Å². The molecule has 1 aliphatic heterocycles. The lowest BCUT2D eigenvalue weighted by Crippen LogP contribution is -2.49. The van der Waals surface area contributed by atoms with Crippen LogP contribution < -0.4 is 15.6 Å². The summed E-state index contributed by atoms with van der Waals surface area (Å²) in [4.78, 5) is 40.4. The Bertz CT molecular complexity index is 1250. The summed E-state index contributed by atoms with van der Waals surface area (Å²) in [7, 11) is 0. The van der Waals surface area contributed by atoms with Crippen LogP contribution in [0.25, 0.3) is 0 Å². The van der Waals surface area contributed by atoms with E-state index < -0.39 is 23.8 Å². The number of nitrogens with one attached hydrogen (secondary N) is 2. The minimum Gasteiger partial charge on any atom is -0.326 e. The SMILES string of the molecule is Cc1ccc(NC(=O)CC2C(=O)N(c3ccccc3)C(=S)N2NC(=O)c2ccccc2)cc1Cl. The fraction of sp³-hybridized carbons (Fsp3) is 0.120. The lowest BCUT2D eigenvalue weighted by molar-refractivity contribution is -0.124. The average Bonchev–Trinajstić information content (AvgIpc) is 3.06. The van der Waals surface area contributed by atoms with E-state index in [0.29, 0.717) is 22.0 Å². The number of hydrazine groups is 1. The van der Waals surface area contributed by atoms with Crippen molar-refractivity contribution in [1.29, 1.82) is 0 Å². The Morgan fingerprint density at radius 3 is 2.29 bits per heavy atom. The molecule has 0 aliphatic carbocycles. The van der Waals surface area contributed by atoms with E-state index in [2.05, 4.69) is 10.7 Å². The zero-order chi connectivity index (χ0) is 24.2. The summed E-state index contributed by atoms with van der Waals surface area (Å²) < 4.78 is 0. The molecule has 2 N–H and O–H groups in total. The summed E-state index contributed by atoms with van der Waals surface area (Å²) >= 11 is 11.7. The Labute approximate surface area is 207 Å². The monoisotopic (exact) mass is 492 g/mol. The number of halogens is 1. The molecule has 3 aromatic rings. The topological polar surface area (TPSA) is 81.8 Å². The molecular formula is C25H21ClN4O3S. The van der Waals surface area contributed by atoms with Crippen LogP contribution in [0, 0.1) is 6.92 Å². The normalized spacial score (nSPS) is 15.4. The molecule has 0 aromatic heterocycles. The first-order valence-corrected chi connectivity index (χ1v) is 11.3. The second kappa shape index (κ2) is 10.0. The van der Waals surface area contributed by atoms with Gasteiger partial charge < -0.3 is 5.32 Å². The van der Waals surface area contributed by atoms with Gasteiger partial charge in [-0.3, -0.25) is 24.7 Å². The largest absolute Gasteiger partial charge is 0.326 e. The van der Waals surface area contributed by atoms with Gasteiger partial charge >= 0.3 is 0 Å². The van der Waals surface area contributed by atoms with Crippen molar-refractivity contribution in [2.24, 2.45) is 0 Å². The van der Waals surface area contributed by atoms with E-state index in [1.54, 1.807) is 72.8 Å². The molecule has 1 fully saturated rings. The summed E-state index contributed by atoms with van der Waals surface area (Å²) in [6.07, 6.45) is -0.233. The zero-order valence-electron chi connectivity index (χ0n) is 18.2. The number of rotatable bonds is 6. The molecule has 1 heterocycles. The number of aryl methyl sites for hydroxylation is 1. The standard InChI is InChI=1S/C25H21ClN4O3S/c1-16-12-13-18(14-20(16)26)27-22(31)15-21-24(33)29(19-10-6-3-7-11-19)25(34)30(21)28-23(32)17-8-4-2-5-9-17/h2-14,21H,15H2,1H3,(H,27,31)(H,28,32). The van der Waals surface area contributed by atoms with Crippen LogP contribution in [0.1, 0.15) is 22.3 Å². The van der Waals surface area contributed by atoms with Gasteiger partial charge in [-0.15, -0.1) is 0 Å². The first-order valence-electron chi connectivity index (χ1n) is 10.5. The number of nitrogens with zero attached hydrogens (tertiary/aromatic N) is 2. The van der Waals surface area contributed by atoms with E-state index in [1.807, 2.05) is 13.0 Å². The minimum atomic E-state index is -1.03. The average molecular weight is 493 g/mol. The van der Waals surface area contributed by atoms with Gasteiger partial charge in [-0.2, -0.15) is 0 Å². The Hall–Kier alpha value is -3.75. The van der Waals surface area contributed by atoms with Gasteiger partial charge in [0, 0.05) is 16.3 Å². The van der Waals surface area contributed by atoms with Crippen molar-refractivity contribution in [3.63, 3.8) is 0 Å². The quantitative estimate of drug-likeness (QED) is 0.501. The summed E-state index contributed by atoms with van der Waals surface area (Å²) in [5.41, 5.74) is 5.03. The fourth-order valence-electron chi connectivity index (χ4n) is 3.54. The molecule has 0 spiro atoms. The van der Waals surface area contributed by atoms with Gasteiger partial charge in [-0.25, -0.2) is 5.01 Å². The Morgan fingerprint density at radius 1 is 1.00 bits per heavy atom. The van der Waals surface area contributed by atoms with E-state index >= 15 is 0 Å². The molecule has 1 unspecified atom stereocenters. The van der Waals surface area contributed by atoms with Crippen molar-refractivity contribution >= 4 is 58.0 Å². The van der Waals surface area contributed by atoms with E-state index in [4.69, 9.17) is 23.8 Å². The maximum Gasteiger partial charge on any atom is 0.269 e. The van der Waals surface area contributed by atoms with Crippen LogP contribution in [0.5, 0.6) is 0 Å². The van der Waals surface area contributed by atoms with Crippen LogP contribution >= 0.6 is 23.8 Å². The Kier molecular flexibility index (Phi) is 6.90. The summed E-state index contributed by atoms with van der Waals surface area (Å²) in [6, 6.07) is 21.5. The molecular weight excluding hydrogens is 472 g/mol. The van der Waals surface area contributed by atoms with Crippen molar-refractivity contribution < 1.29 is 14.4 Å². The highest BCUT2D eigenvalue weighted by Gasteiger charge is 2.45. The molecule has 1 aliphatic rings.